The molecule has 3 aromatic carbocycles. The minimum atomic E-state index is -4.00. The summed E-state index contributed by atoms with van der Waals surface area (Å²) in [6, 6.07) is 22.4. The molecule has 0 radical (unpaired) electrons. The summed E-state index contributed by atoms with van der Waals surface area (Å²) >= 11 is 6.12. The minimum Gasteiger partial charge on any atom is -0.493 e. The summed E-state index contributed by atoms with van der Waals surface area (Å²) in [5.74, 6) is -0.182. The first-order valence-corrected chi connectivity index (χ1v) is 10.6. The maximum absolute atomic E-state index is 12.4. The van der Waals surface area contributed by atoms with E-state index < -0.39 is 10.0 Å². The fourth-order valence-electron chi connectivity index (χ4n) is 3.05. The summed E-state index contributed by atoms with van der Waals surface area (Å²) in [4.78, 5) is 0.0225. The van der Waals surface area contributed by atoms with Gasteiger partial charge < -0.3 is 9.67 Å². The second kappa shape index (κ2) is 7.69. The van der Waals surface area contributed by atoms with E-state index in [0.29, 0.717) is 22.5 Å². The van der Waals surface area contributed by atoms with Gasteiger partial charge in [0.15, 0.2) is 5.69 Å². The second-order valence-electron chi connectivity index (χ2n) is 6.38. The molecule has 0 saturated carbocycles. The number of aromatic hydroxyl groups is 1. The molecule has 0 atom stereocenters. The number of fused-ring (bicyclic) bond motifs is 1. The quantitative estimate of drug-likeness (QED) is 0.427. The molecule has 1 aromatic heterocycles. The van der Waals surface area contributed by atoms with Crippen molar-refractivity contribution in [3.05, 3.63) is 89.4 Å². The lowest BCUT2D eigenvalue weighted by molar-refractivity contribution is 0.429. The van der Waals surface area contributed by atoms with Crippen molar-refractivity contribution in [2.45, 2.75) is 11.4 Å². The van der Waals surface area contributed by atoms with Crippen molar-refractivity contribution in [2.75, 3.05) is 0 Å². The molecule has 0 aliphatic heterocycles. The summed E-state index contributed by atoms with van der Waals surface area (Å²) in [6.07, 6.45) is 0. The summed E-state index contributed by atoms with van der Waals surface area (Å²) in [7, 11) is -4.00. The maximum atomic E-state index is 12.4. The van der Waals surface area contributed by atoms with Crippen LogP contribution in [0.5, 0.6) is 5.88 Å². The van der Waals surface area contributed by atoms with E-state index in [1.165, 1.54) is 12.1 Å². The smallest absolute Gasteiger partial charge is 0.299 e. The Morgan fingerprint density at radius 3 is 2.28 bits per heavy atom. The lowest BCUT2D eigenvalue weighted by Crippen LogP contribution is -1.98. The van der Waals surface area contributed by atoms with Crippen LogP contribution < -0.4 is 0 Å². The summed E-state index contributed by atoms with van der Waals surface area (Å²) in [5.41, 5.74) is 1.69. The first-order valence-electron chi connectivity index (χ1n) is 8.73. The summed E-state index contributed by atoms with van der Waals surface area (Å²) in [5, 5.41) is 15.6. The molecule has 0 bridgehead atoms. The molecule has 4 aromatic rings. The highest BCUT2D eigenvalue weighted by Gasteiger charge is 2.19. The van der Waals surface area contributed by atoms with E-state index in [-0.39, 0.29) is 16.5 Å². The number of benzene rings is 3. The van der Waals surface area contributed by atoms with Crippen LogP contribution in [0.3, 0.4) is 0 Å². The molecule has 29 heavy (non-hydrogen) atoms. The Morgan fingerprint density at radius 2 is 1.59 bits per heavy atom. The number of sulfonamides is 1. The van der Waals surface area contributed by atoms with Gasteiger partial charge in [-0.2, -0.15) is 8.42 Å². The lowest BCUT2D eigenvalue weighted by atomic mass is 10.2. The van der Waals surface area contributed by atoms with Gasteiger partial charge in [-0.1, -0.05) is 64.7 Å². The first kappa shape index (κ1) is 19.2. The average Bonchev–Trinajstić information content (AvgIpc) is 2.98. The number of hydrogen-bond donors (Lipinski definition) is 1. The van der Waals surface area contributed by atoms with E-state index in [0.717, 1.165) is 5.56 Å². The number of rotatable bonds is 5. The van der Waals surface area contributed by atoms with Gasteiger partial charge in [-0.3, -0.25) is 0 Å². The van der Waals surface area contributed by atoms with Gasteiger partial charge in [0.1, 0.15) is 0 Å². The number of aromatic nitrogens is 1. The van der Waals surface area contributed by atoms with Crippen LogP contribution in [0.2, 0.25) is 5.02 Å². The van der Waals surface area contributed by atoms with Crippen LogP contribution in [0.15, 0.2) is 93.4 Å². The van der Waals surface area contributed by atoms with Crippen LogP contribution in [0.4, 0.5) is 5.69 Å². The maximum Gasteiger partial charge on any atom is 0.299 e. The predicted molar refractivity (Wildman–Crippen MR) is 112 cm³/mol. The first-order chi connectivity index (χ1) is 14.0. The molecule has 6 nitrogen and oxygen atoms in total. The standard InChI is InChI=1S/C21H16ClN3O3S/c22-16-11-12-19-18(13-16)20(21(26)25(19)14-15-7-3-1-4-8-15)23-24-29(27,28)17-9-5-2-6-10-17/h1-13,26H,14H2. The van der Waals surface area contributed by atoms with E-state index in [1.54, 1.807) is 41.0 Å². The average molecular weight is 426 g/mol. The van der Waals surface area contributed by atoms with Gasteiger partial charge in [0.2, 0.25) is 5.88 Å². The van der Waals surface area contributed by atoms with Gasteiger partial charge in [0, 0.05) is 10.4 Å². The topological polar surface area (TPSA) is 84.0 Å². The third-order valence-corrected chi connectivity index (χ3v) is 5.84. The zero-order chi connectivity index (χ0) is 20.4. The SMILES string of the molecule is O=S(=O)(N=Nc1c(O)n(Cc2ccccc2)c2ccc(Cl)cc12)c1ccccc1. The highest BCUT2D eigenvalue weighted by Crippen LogP contribution is 2.40. The van der Waals surface area contributed by atoms with E-state index >= 15 is 0 Å². The van der Waals surface area contributed by atoms with Crippen molar-refractivity contribution in [3.8, 4) is 5.88 Å². The number of nitrogens with zero attached hydrogens (tertiary/aromatic N) is 3. The van der Waals surface area contributed by atoms with E-state index in [2.05, 4.69) is 9.63 Å². The van der Waals surface area contributed by atoms with E-state index in [9.17, 15) is 13.5 Å². The van der Waals surface area contributed by atoms with Gasteiger partial charge >= 0.3 is 0 Å². The zero-order valence-electron chi connectivity index (χ0n) is 15.1. The van der Waals surface area contributed by atoms with Crippen molar-refractivity contribution in [3.63, 3.8) is 0 Å². The molecule has 0 unspecified atom stereocenters. The molecular weight excluding hydrogens is 410 g/mol. The Morgan fingerprint density at radius 1 is 0.931 bits per heavy atom. The van der Waals surface area contributed by atoms with Gasteiger partial charge in [0.05, 0.1) is 17.0 Å². The van der Waals surface area contributed by atoms with Gasteiger partial charge in [0.25, 0.3) is 10.0 Å². The van der Waals surface area contributed by atoms with Crippen molar-refractivity contribution in [1.29, 1.82) is 0 Å². The van der Waals surface area contributed by atoms with Crippen LogP contribution in [0.25, 0.3) is 10.9 Å². The van der Waals surface area contributed by atoms with E-state index in [1.807, 2.05) is 30.3 Å². The molecule has 0 saturated heterocycles. The molecule has 146 valence electrons. The Kier molecular flexibility index (Phi) is 5.08. The van der Waals surface area contributed by atoms with Gasteiger partial charge in [-0.25, -0.2) is 0 Å². The molecule has 0 aliphatic rings. The van der Waals surface area contributed by atoms with E-state index in [4.69, 9.17) is 11.6 Å². The fraction of sp³-hybridized carbons (Fsp3) is 0.0476. The summed E-state index contributed by atoms with van der Waals surface area (Å²) in [6.45, 7) is 0.381. The second-order valence-corrected chi connectivity index (χ2v) is 8.40. The van der Waals surface area contributed by atoms with Crippen molar-refractivity contribution >= 4 is 38.2 Å². The summed E-state index contributed by atoms with van der Waals surface area (Å²) < 4.78 is 30.1. The van der Waals surface area contributed by atoms with Crippen molar-refractivity contribution < 1.29 is 13.5 Å². The molecule has 0 amide bonds. The van der Waals surface area contributed by atoms with Crippen molar-refractivity contribution in [1.82, 2.24) is 4.57 Å². The van der Waals surface area contributed by atoms with Crippen molar-refractivity contribution in [2.24, 2.45) is 9.63 Å². The molecule has 1 N–H and O–H groups in total. The number of halogens is 1. The predicted octanol–water partition coefficient (Wildman–Crippen LogP) is 5.52. The molecule has 0 spiro atoms. The Hall–Kier alpha value is -3.16. The molecule has 1 heterocycles. The number of hydrogen-bond acceptors (Lipinski definition) is 4. The monoisotopic (exact) mass is 425 g/mol. The molecule has 0 fully saturated rings. The van der Waals surface area contributed by atoms with Crippen LogP contribution in [-0.4, -0.2) is 18.1 Å². The van der Waals surface area contributed by atoms with Crippen LogP contribution in [-0.2, 0) is 16.6 Å². The fourth-order valence-corrected chi connectivity index (χ4v) is 4.01. The largest absolute Gasteiger partial charge is 0.493 e. The Bertz CT molecular complexity index is 1300. The lowest BCUT2D eigenvalue weighted by Gasteiger charge is -2.07. The highest BCUT2D eigenvalue weighted by molar-refractivity contribution is 7.90. The highest BCUT2D eigenvalue weighted by atomic mass is 35.5. The third-order valence-electron chi connectivity index (χ3n) is 4.44. The Balaban J connectivity index is 1.82. The normalized spacial score (nSPS) is 12.0. The van der Waals surface area contributed by atoms with Crippen LogP contribution in [0, 0.1) is 0 Å². The van der Waals surface area contributed by atoms with Gasteiger partial charge in [-0.15, -0.1) is 5.11 Å². The Labute approximate surface area is 172 Å². The molecule has 4 rings (SSSR count). The molecular formula is C21H16ClN3O3S. The van der Waals surface area contributed by atoms with Gasteiger partial charge in [-0.05, 0) is 35.9 Å². The third kappa shape index (κ3) is 3.87. The molecule has 8 heteroatoms. The van der Waals surface area contributed by atoms with Crippen LogP contribution >= 0.6 is 11.6 Å². The minimum absolute atomic E-state index is 0.0225. The molecule has 0 aliphatic carbocycles. The zero-order valence-corrected chi connectivity index (χ0v) is 16.7. The van der Waals surface area contributed by atoms with Crippen LogP contribution in [0.1, 0.15) is 5.56 Å².